The molecule has 0 spiro atoms. The summed E-state index contributed by atoms with van der Waals surface area (Å²) in [6.07, 6.45) is 8.54. The van der Waals surface area contributed by atoms with E-state index >= 15 is 0 Å². The standard InChI is InChI=1S/C29H44O6/c1-17(30)34-16-26(3)11-7-12-27(4)20(26)10-13-28(5)21-9-8-19-15-33-25(32)24(19)29(21,6)23(14-22(27)28)35-18(2)31/h8,20-25,32H,7,9-16H2,1-6H3. The highest BCUT2D eigenvalue weighted by Crippen LogP contribution is 2.74. The Balaban J connectivity index is 1.56. The first-order valence-corrected chi connectivity index (χ1v) is 13.7. The van der Waals surface area contributed by atoms with E-state index in [1.54, 1.807) is 0 Å². The zero-order valence-electron chi connectivity index (χ0n) is 22.4. The number of allylic oxidation sites excluding steroid dienone is 1. The van der Waals surface area contributed by atoms with Gasteiger partial charge in [0.05, 0.1) is 13.2 Å². The normalized spacial score (nSPS) is 50.7. The van der Waals surface area contributed by atoms with Crippen LogP contribution in [0.4, 0.5) is 0 Å². The zero-order valence-corrected chi connectivity index (χ0v) is 22.4. The molecule has 10 unspecified atom stereocenters. The predicted octanol–water partition coefficient (Wildman–Crippen LogP) is 5.03. The molecule has 0 aromatic heterocycles. The first-order valence-electron chi connectivity index (χ1n) is 13.7. The van der Waals surface area contributed by atoms with E-state index in [-0.39, 0.29) is 45.6 Å². The summed E-state index contributed by atoms with van der Waals surface area (Å²) in [5.74, 6) is 0.562. The van der Waals surface area contributed by atoms with Crippen LogP contribution >= 0.6 is 0 Å². The molecule has 10 atom stereocenters. The molecule has 4 aliphatic carbocycles. The minimum absolute atomic E-state index is 0.0349. The van der Waals surface area contributed by atoms with Crippen molar-refractivity contribution in [3.8, 4) is 0 Å². The fourth-order valence-electron chi connectivity index (χ4n) is 10.3. The molecule has 4 fully saturated rings. The molecule has 35 heavy (non-hydrogen) atoms. The number of aliphatic hydroxyl groups excluding tert-OH is 1. The number of hydrogen-bond acceptors (Lipinski definition) is 6. The molecule has 0 amide bonds. The van der Waals surface area contributed by atoms with Crippen molar-refractivity contribution in [2.45, 2.75) is 98.9 Å². The molecule has 6 heteroatoms. The Morgan fingerprint density at radius 3 is 2.43 bits per heavy atom. The Hall–Kier alpha value is -1.40. The maximum absolute atomic E-state index is 12.4. The molecule has 1 saturated heterocycles. The van der Waals surface area contributed by atoms with Gasteiger partial charge >= 0.3 is 11.9 Å². The van der Waals surface area contributed by atoms with Crippen LogP contribution < -0.4 is 0 Å². The van der Waals surface area contributed by atoms with Crippen molar-refractivity contribution in [2.75, 3.05) is 13.2 Å². The van der Waals surface area contributed by atoms with Gasteiger partial charge in [0.1, 0.15) is 6.10 Å². The monoisotopic (exact) mass is 488 g/mol. The molecule has 5 rings (SSSR count). The van der Waals surface area contributed by atoms with Gasteiger partial charge in [0.15, 0.2) is 6.29 Å². The van der Waals surface area contributed by atoms with Crippen molar-refractivity contribution in [3.05, 3.63) is 11.6 Å². The summed E-state index contributed by atoms with van der Waals surface area (Å²) in [4.78, 5) is 24.1. The van der Waals surface area contributed by atoms with E-state index in [1.165, 1.54) is 19.4 Å². The largest absolute Gasteiger partial charge is 0.465 e. The van der Waals surface area contributed by atoms with Crippen LogP contribution in [0.3, 0.4) is 0 Å². The number of rotatable bonds is 3. The van der Waals surface area contributed by atoms with Crippen LogP contribution in [-0.2, 0) is 23.8 Å². The summed E-state index contributed by atoms with van der Waals surface area (Å²) in [5.41, 5.74) is 0.916. The Kier molecular flexibility index (Phi) is 5.99. The van der Waals surface area contributed by atoms with Crippen molar-refractivity contribution in [3.63, 3.8) is 0 Å². The van der Waals surface area contributed by atoms with E-state index in [9.17, 15) is 14.7 Å². The molecule has 0 radical (unpaired) electrons. The number of carbonyl (C=O) groups is 2. The van der Waals surface area contributed by atoms with E-state index in [2.05, 4.69) is 33.8 Å². The van der Waals surface area contributed by atoms with E-state index in [4.69, 9.17) is 14.2 Å². The van der Waals surface area contributed by atoms with Gasteiger partial charge in [0.25, 0.3) is 0 Å². The Morgan fingerprint density at radius 1 is 1.03 bits per heavy atom. The number of carbonyl (C=O) groups excluding carboxylic acids is 2. The lowest BCUT2D eigenvalue weighted by molar-refractivity contribution is -0.256. The summed E-state index contributed by atoms with van der Waals surface area (Å²) in [6, 6.07) is 0. The summed E-state index contributed by atoms with van der Waals surface area (Å²) in [5, 5.41) is 10.9. The molecule has 0 aromatic rings. The van der Waals surface area contributed by atoms with Gasteiger partial charge in [-0.3, -0.25) is 9.59 Å². The van der Waals surface area contributed by atoms with E-state index in [1.807, 2.05) is 0 Å². The molecule has 3 saturated carbocycles. The third kappa shape index (κ3) is 3.56. The molecule has 1 heterocycles. The summed E-state index contributed by atoms with van der Waals surface area (Å²) in [6.45, 7) is 13.5. The van der Waals surface area contributed by atoms with Crippen LogP contribution in [0.1, 0.15) is 86.5 Å². The molecule has 0 bridgehead atoms. The Labute approximate surface area is 210 Å². The molecule has 5 aliphatic rings. The molecular formula is C29H44O6. The fraction of sp³-hybridized carbons (Fsp3) is 0.862. The minimum Gasteiger partial charge on any atom is -0.465 e. The highest BCUT2D eigenvalue weighted by Gasteiger charge is 2.70. The van der Waals surface area contributed by atoms with Crippen molar-refractivity contribution < 1.29 is 28.9 Å². The second-order valence-electron chi connectivity index (χ2n) is 13.4. The van der Waals surface area contributed by atoms with Gasteiger partial charge in [-0.25, -0.2) is 0 Å². The van der Waals surface area contributed by atoms with Gasteiger partial charge in [-0.2, -0.15) is 0 Å². The van der Waals surface area contributed by atoms with Crippen molar-refractivity contribution >= 4 is 11.9 Å². The summed E-state index contributed by atoms with van der Waals surface area (Å²) >= 11 is 0. The van der Waals surface area contributed by atoms with Gasteiger partial charge in [-0.05, 0) is 72.7 Å². The molecule has 1 aliphatic heterocycles. The zero-order chi connectivity index (χ0) is 25.4. The second kappa shape index (κ2) is 8.31. The maximum Gasteiger partial charge on any atom is 0.302 e. The number of ether oxygens (including phenoxy) is 3. The number of esters is 2. The van der Waals surface area contributed by atoms with Crippen LogP contribution in [0.25, 0.3) is 0 Å². The van der Waals surface area contributed by atoms with Crippen LogP contribution in [0.2, 0.25) is 0 Å². The molecule has 196 valence electrons. The first-order chi connectivity index (χ1) is 16.4. The minimum atomic E-state index is -0.846. The van der Waals surface area contributed by atoms with Crippen molar-refractivity contribution in [2.24, 2.45) is 45.3 Å². The average Bonchev–Trinajstić information content (AvgIpc) is 3.15. The number of fused-ring (bicyclic) bond motifs is 7. The topological polar surface area (TPSA) is 82.1 Å². The Bertz CT molecular complexity index is 928. The van der Waals surface area contributed by atoms with Gasteiger partial charge in [-0.1, -0.05) is 40.2 Å². The highest BCUT2D eigenvalue weighted by molar-refractivity contribution is 5.66. The Morgan fingerprint density at radius 2 is 1.74 bits per heavy atom. The predicted molar refractivity (Wildman–Crippen MR) is 131 cm³/mol. The van der Waals surface area contributed by atoms with Crippen molar-refractivity contribution in [1.82, 2.24) is 0 Å². The third-order valence-electron chi connectivity index (χ3n) is 11.7. The van der Waals surface area contributed by atoms with Crippen LogP contribution in [-0.4, -0.2) is 42.7 Å². The van der Waals surface area contributed by atoms with E-state index in [0.717, 1.165) is 44.9 Å². The van der Waals surface area contributed by atoms with Gasteiger partial charge < -0.3 is 19.3 Å². The van der Waals surface area contributed by atoms with Crippen molar-refractivity contribution in [1.29, 1.82) is 0 Å². The average molecular weight is 489 g/mol. The summed E-state index contributed by atoms with van der Waals surface area (Å²) < 4.78 is 17.5. The quantitative estimate of drug-likeness (QED) is 0.443. The molecule has 6 nitrogen and oxygen atoms in total. The number of aliphatic hydroxyl groups is 1. The van der Waals surface area contributed by atoms with Crippen LogP contribution in [0.15, 0.2) is 11.6 Å². The smallest absolute Gasteiger partial charge is 0.302 e. The SMILES string of the molecule is CC(=O)OCC1(C)CCCC2(C)C1CCC1(C)C2CC(OC(C)=O)C2(C)C3C(=CCC12)COC3O. The van der Waals surface area contributed by atoms with E-state index < -0.39 is 6.29 Å². The summed E-state index contributed by atoms with van der Waals surface area (Å²) in [7, 11) is 0. The van der Waals surface area contributed by atoms with E-state index in [0.29, 0.717) is 31.0 Å². The second-order valence-corrected chi connectivity index (χ2v) is 13.4. The van der Waals surface area contributed by atoms with Gasteiger partial charge in [0.2, 0.25) is 0 Å². The van der Waals surface area contributed by atoms with Crippen LogP contribution in [0.5, 0.6) is 0 Å². The van der Waals surface area contributed by atoms with Gasteiger partial charge in [0, 0.05) is 30.6 Å². The molecular weight excluding hydrogens is 444 g/mol. The lowest BCUT2D eigenvalue weighted by atomic mass is 9.34. The number of hydrogen-bond donors (Lipinski definition) is 1. The molecule has 0 aromatic carbocycles. The first kappa shape index (κ1) is 25.3. The maximum atomic E-state index is 12.4. The third-order valence-corrected chi connectivity index (χ3v) is 11.7. The lowest BCUT2D eigenvalue weighted by Gasteiger charge is -2.70. The lowest BCUT2D eigenvalue weighted by Crippen LogP contribution is -2.67. The molecule has 1 N–H and O–H groups in total. The fourth-order valence-corrected chi connectivity index (χ4v) is 10.3. The van der Waals surface area contributed by atoms with Gasteiger partial charge in [-0.15, -0.1) is 0 Å². The van der Waals surface area contributed by atoms with Crippen LogP contribution in [0, 0.1) is 45.3 Å². The highest BCUT2D eigenvalue weighted by atomic mass is 16.6.